The van der Waals surface area contributed by atoms with E-state index >= 15 is 0 Å². The monoisotopic (exact) mass is 198 g/mol. The van der Waals surface area contributed by atoms with Gasteiger partial charge in [0.15, 0.2) is 0 Å². The average molecular weight is 199 g/mol. The molecule has 0 bridgehead atoms. The van der Waals surface area contributed by atoms with Gasteiger partial charge in [0, 0.05) is 17.7 Å². The first-order chi connectivity index (χ1) is 6.20. The summed E-state index contributed by atoms with van der Waals surface area (Å²) in [4.78, 5) is 4.03. The van der Waals surface area contributed by atoms with Crippen molar-refractivity contribution in [3.63, 3.8) is 0 Å². The summed E-state index contributed by atoms with van der Waals surface area (Å²) in [6, 6.07) is 3.21. The van der Waals surface area contributed by atoms with Gasteiger partial charge in [-0.05, 0) is 18.6 Å². The maximum absolute atomic E-state index is 13.4. The number of hydrogen-bond acceptors (Lipinski definition) is 2. The SMILES string of the molecule is NC1=NCCc2c1ccc(Cl)c2F. The molecule has 0 saturated heterocycles. The van der Waals surface area contributed by atoms with E-state index in [4.69, 9.17) is 17.3 Å². The van der Waals surface area contributed by atoms with Gasteiger partial charge in [-0.2, -0.15) is 0 Å². The molecular formula is C9H8ClFN2. The van der Waals surface area contributed by atoms with Crippen LogP contribution in [0.25, 0.3) is 0 Å². The van der Waals surface area contributed by atoms with Crippen molar-refractivity contribution in [2.75, 3.05) is 6.54 Å². The second-order valence-electron chi connectivity index (χ2n) is 2.90. The molecule has 2 N–H and O–H groups in total. The van der Waals surface area contributed by atoms with E-state index in [0.29, 0.717) is 29.9 Å². The normalized spacial score (nSPS) is 15.1. The fraction of sp³-hybridized carbons (Fsp3) is 0.222. The van der Waals surface area contributed by atoms with Gasteiger partial charge in [-0.3, -0.25) is 4.99 Å². The standard InChI is InChI=1S/C9H8ClFN2/c10-7-2-1-6-5(8(7)11)3-4-13-9(6)12/h1-2H,3-4H2,(H2,12,13). The summed E-state index contributed by atoms with van der Waals surface area (Å²) in [6.45, 7) is 0.538. The zero-order valence-corrected chi connectivity index (χ0v) is 7.61. The van der Waals surface area contributed by atoms with E-state index in [-0.39, 0.29) is 10.8 Å². The van der Waals surface area contributed by atoms with Crippen LogP contribution in [0, 0.1) is 5.82 Å². The Bertz CT molecular complexity index is 387. The molecule has 1 heterocycles. The number of nitrogens with two attached hydrogens (primary N) is 1. The molecule has 0 atom stereocenters. The van der Waals surface area contributed by atoms with E-state index in [9.17, 15) is 4.39 Å². The van der Waals surface area contributed by atoms with Crippen LogP contribution in [0.1, 0.15) is 11.1 Å². The molecule has 2 nitrogen and oxygen atoms in total. The predicted molar refractivity (Wildman–Crippen MR) is 50.7 cm³/mol. The number of benzene rings is 1. The van der Waals surface area contributed by atoms with Crippen molar-refractivity contribution in [2.24, 2.45) is 10.7 Å². The van der Waals surface area contributed by atoms with Crippen LogP contribution >= 0.6 is 11.6 Å². The van der Waals surface area contributed by atoms with Gasteiger partial charge >= 0.3 is 0 Å². The van der Waals surface area contributed by atoms with Gasteiger partial charge in [0.05, 0.1) is 5.02 Å². The van der Waals surface area contributed by atoms with Gasteiger partial charge in [0.2, 0.25) is 0 Å². The highest BCUT2D eigenvalue weighted by Gasteiger charge is 2.17. The molecule has 68 valence electrons. The van der Waals surface area contributed by atoms with Crippen LogP contribution in [0.15, 0.2) is 17.1 Å². The first-order valence-corrected chi connectivity index (χ1v) is 4.35. The minimum Gasteiger partial charge on any atom is -0.383 e. The highest BCUT2D eigenvalue weighted by Crippen LogP contribution is 2.24. The highest BCUT2D eigenvalue weighted by atomic mass is 35.5. The van der Waals surface area contributed by atoms with Gasteiger partial charge in [-0.1, -0.05) is 11.6 Å². The third-order valence-electron chi connectivity index (χ3n) is 2.12. The number of nitrogens with zero attached hydrogens (tertiary/aromatic N) is 1. The zero-order valence-electron chi connectivity index (χ0n) is 6.85. The summed E-state index contributed by atoms with van der Waals surface area (Å²) in [5.74, 6) is 0.0360. The molecule has 0 radical (unpaired) electrons. The summed E-state index contributed by atoms with van der Waals surface area (Å²) in [5, 5.41) is 0.147. The van der Waals surface area contributed by atoms with Crippen molar-refractivity contribution in [3.8, 4) is 0 Å². The van der Waals surface area contributed by atoms with Crippen molar-refractivity contribution in [3.05, 3.63) is 34.1 Å². The molecule has 1 aromatic carbocycles. The molecule has 0 aliphatic carbocycles. The Morgan fingerprint density at radius 2 is 2.23 bits per heavy atom. The van der Waals surface area contributed by atoms with Gasteiger partial charge in [-0.15, -0.1) is 0 Å². The number of hydrogen-bond donors (Lipinski definition) is 1. The van der Waals surface area contributed by atoms with Gasteiger partial charge < -0.3 is 5.73 Å². The van der Waals surface area contributed by atoms with Gasteiger partial charge in [0.1, 0.15) is 11.7 Å². The number of amidine groups is 1. The minimum atomic E-state index is -0.364. The zero-order chi connectivity index (χ0) is 9.42. The van der Waals surface area contributed by atoms with Gasteiger partial charge in [-0.25, -0.2) is 4.39 Å². The Morgan fingerprint density at radius 1 is 1.46 bits per heavy atom. The Labute approximate surface area is 80.2 Å². The molecule has 0 amide bonds. The maximum atomic E-state index is 13.4. The number of halogens is 2. The quantitative estimate of drug-likeness (QED) is 0.678. The third-order valence-corrected chi connectivity index (χ3v) is 2.41. The van der Waals surface area contributed by atoms with Crippen molar-refractivity contribution < 1.29 is 4.39 Å². The maximum Gasteiger partial charge on any atom is 0.145 e. The lowest BCUT2D eigenvalue weighted by atomic mass is 10.0. The fourth-order valence-electron chi connectivity index (χ4n) is 1.45. The molecule has 0 aromatic heterocycles. The van der Waals surface area contributed by atoms with E-state index in [1.54, 1.807) is 6.07 Å². The Kier molecular flexibility index (Phi) is 1.96. The van der Waals surface area contributed by atoms with Crippen LogP contribution in [0.5, 0.6) is 0 Å². The van der Waals surface area contributed by atoms with Crippen LogP contribution in [-0.4, -0.2) is 12.4 Å². The van der Waals surface area contributed by atoms with Crippen LogP contribution in [0.3, 0.4) is 0 Å². The van der Waals surface area contributed by atoms with Gasteiger partial charge in [0.25, 0.3) is 0 Å². The lowest BCUT2D eigenvalue weighted by molar-refractivity contribution is 0.608. The second-order valence-corrected chi connectivity index (χ2v) is 3.31. The summed E-state index contributed by atoms with van der Waals surface area (Å²) in [6.07, 6.45) is 0.572. The summed E-state index contributed by atoms with van der Waals surface area (Å²) in [5.41, 5.74) is 6.86. The fourth-order valence-corrected chi connectivity index (χ4v) is 1.63. The van der Waals surface area contributed by atoms with Crippen LogP contribution in [-0.2, 0) is 6.42 Å². The molecule has 0 unspecified atom stereocenters. The Morgan fingerprint density at radius 3 is 3.00 bits per heavy atom. The molecule has 0 spiro atoms. The lowest BCUT2D eigenvalue weighted by Crippen LogP contribution is -2.21. The summed E-state index contributed by atoms with van der Waals surface area (Å²) >= 11 is 5.64. The van der Waals surface area contributed by atoms with E-state index in [2.05, 4.69) is 4.99 Å². The number of fused-ring (bicyclic) bond motifs is 1. The molecule has 1 aliphatic heterocycles. The van der Waals surface area contributed by atoms with Crippen molar-refractivity contribution >= 4 is 17.4 Å². The molecule has 0 saturated carbocycles. The van der Waals surface area contributed by atoms with Crippen molar-refractivity contribution in [2.45, 2.75) is 6.42 Å². The van der Waals surface area contributed by atoms with E-state index in [0.717, 1.165) is 0 Å². The average Bonchev–Trinajstić information content (AvgIpc) is 2.12. The largest absolute Gasteiger partial charge is 0.383 e. The van der Waals surface area contributed by atoms with Crippen LogP contribution < -0.4 is 5.73 Å². The first kappa shape index (κ1) is 8.51. The Hall–Kier alpha value is -1.09. The minimum absolute atomic E-state index is 0.147. The third kappa shape index (κ3) is 1.29. The summed E-state index contributed by atoms with van der Waals surface area (Å²) in [7, 11) is 0. The highest BCUT2D eigenvalue weighted by molar-refractivity contribution is 6.31. The molecule has 4 heteroatoms. The van der Waals surface area contributed by atoms with E-state index in [1.165, 1.54) is 6.07 Å². The van der Waals surface area contributed by atoms with E-state index < -0.39 is 0 Å². The van der Waals surface area contributed by atoms with Crippen molar-refractivity contribution in [1.82, 2.24) is 0 Å². The number of aliphatic imine (C=N–C) groups is 1. The smallest absolute Gasteiger partial charge is 0.145 e. The predicted octanol–water partition coefficient (Wildman–Crippen LogP) is 1.74. The first-order valence-electron chi connectivity index (χ1n) is 3.97. The van der Waals surface area contributed by atoms with Crippen molar-refractivity contribution in [1.29, 1.82) is 0 Å². The molecule has 2 rings (SSSR count). The second kappa shape index (κ2) is 3.00. The summed E-state index contributed by atoms with van der Waals surface area (Å²) < 4.78 is 13.4. The molecule has 13 heavy (non-hydrogen) atoms. The lowest BCUT2D eigenvalue weighted by Gasteiger charge is -2.14. The van der Waals surface area contributed by atoms with Crippen LogP contribution in [0.2, 0.25) is 5.02 Å². The Balaban J connectivity index is 2.65. The van der Waals surface area contributed by atoms with E-state index in [1.807, 2.05) is 0 Å². The molecule has 1 aromatic rings. The molecule has 0 fully saturated rings. The number of rotatable bonds is 0. The molecule has 1 aliphatic rings. The topological polar surface area (TPSA) is 38.4 Å². The molecular weight excluding hydrogens is 191 g/mol. The van der Waals surface area contributed by atoms with Crippen LogP contribution in [0.4, 0.5) is 4.39 Å².